The van der Waals surface area contributed by atoms with Gasteiger partial charge in [0.1, 0.15) is 10.6 Å². The Hall–Kier alpha value is -3.85. The Morgan fingerprint density at radius 2 is 1.70 bits per heavy atom. The number of para-hydroxylation sites is 3. The fourth-order valence-corrected chi connectivity index (χ4v) is 7.80. The summed E-state index contributed by atoms with van der Waals surface area (Å²) in [5.41, 5.74) is 4.25. The van der Waals surface area contributed by atoms with E-state index in [0.717, 1.165) is 55.6 Å². The number of anilines is 2. The number of nitrogens with one attached hydrogen (secondary N) is 1. The summed E-state index contributed by atoms with van der Waals surface area (Å²) >= 11 is 0. The third kappa shape index (κ3) is 7.09. The van der Waals surface area contributed by atoms with Crippen LogP contribution in [0.25, 0.3) is 0 Å². The Morgan fingerprint density at radius 3 is 2.43 bits per heavy atom. The molecule has 2 aliphatic rings. The second kappa shape index (κ2) is 14.3. The van der Waals surface area contributed by atoms with Crippen LogP contribution in [0.15, 0.2) is 70.6 Å². The number of carbonyl (C=O) groups is 1. The molecule has 1 aliphatic carbocycles. The summed E-state index contributed by atoms with van der Waals surface area (Å²) in [4.78, 5) is 22.4. The summed E-state index contributed by atoms with van der Waals surface area (Å²) in [6.45, 7) is 6.40. The number of benzene rings is 3. The average molecular weight is 617 g/mol. The molecule has 1 heterocycles. The summed E-state index contributed by atoms with van der Waals surface area (Å²) in [7, 11) is -2.26. The Bertz CT molecular complexity index is 1600. The molecule has 0 bridgehead atoms. The van der Waals surface area contributed by atoms with Crippen LogP contribution >= 0.6 is 0 Å². The number of ether oxygens (including phenoxy) is 1. The predicted molar refractivity (Wildman–Crippen MR) is 178 cm³/mol. The van der Waals surface area contributed by atoms with E-state index >= 15 is 0 Å². The first-order valence-corrected chi connectivity index (χ1v) is 17.2. The Labute approximate surface area is 262 Å². The number of rotatable bonds is 8. The molecule has 1 amide bonds. The van der Waals surface area contributed by atoms with E-state index in [9.17, 15) is 13.2 Å². The van der Waals surface area contributed by atoms with Crippen LogP contribution in [0.1, 0.15) is 79.3 Å². The van der Waals surface area contributed by atoms with E-state index in [1.165, 1.54) is 12.8 Å². The van der Waals surface area contributed by atoms with Gasteiger partial charge < -0.3 is 14.5 Å². The molecule has 5 rings (SSSR count). The lowest BCUT2D eigenvalue weighted by molar-refractivity contribution is 0.0767. The SMILES string of the molecule is C/C=N\c1c(C2CCCCCC2)cccc1S(=O)(=O)Nc1ccc(C(=O)N2CCCN(c3ccccc3OC)CC2)cc1C. The molecule has 0 unspecified atom stereocenters. The first kappa shape index (κ1) is 31.6. The Morgan fingerprint density at radius 1 is 0.932 bits per heavy atom. The lowest BCUT2D eigenvalue weighted by Crippen LogP contribution is -2.35. The second-order valence-electron chi connectivity index (χ2n) is 11.7. The monoisotopic (exact) mass is 616 g/mol. The van der Waals surface area contributed by atoms with Crippen molar-refractivity contribution in [1.82, 2.24) is 4.90 Å². The summed E-state index contributed by atoms with van der Waals surface area (Å²) in [5.74, 6) is 1.07. The molecule has 234 valence electrons. The van der Waals surface area contributed by atoms with Crippen molar-refractivity contribution in [2.24, 2.45) is 4.99 Å². The minimum absolute atomic E-state index is 0.0555. The number of aliphatic imine (C=N–C) groups is 1. The molecular weight excluding hydrogens is 572 g/mol. The van der Waals surface area contributed by atoms with E-state index < -0.39 is 10.0 Å². The van der Waals surface area contributed by atoms with E-state index in [4.69, 9.17) is 4.74 Å². The fourth-order valence-electron chi connectivity index (χ4n) is 6.49. The molecule has 3 aromatic carbocycles. The van der Waals surface area contributed by atoms with Crippen molar-refractivity contribution in [3.8, 4) is 5.75 Å². The smallest absolute Gasteiger partial charge is 0.264 e. The van der Waals surface area contributed by atoms with Crippen molar-refractivity contribution in [1.29, 1.82) is 0 Å². The highest BCUT2D eigenvalue weighted by atomic mass is 32.2. The molecule has 2 fully saturated rings. The van der Waals surface area contributed by atoms with Crippen molar-refractivity contribution < 1.29 is 17.9 Å². The number of hydrogen-bond donors (Lipinski definition) is 1. The number of sulfonamides is 1. The lowest BCUT2D eigenvalue weighted by atomic mass is 9.90. The molecule has 1 N–H and O–H groups in total. The maximum atomic E-state index is 13.8. The van der Waals surface area contributed by atoms with Gasteiger partial charge >= 0.3 is 0 Å². The van der Waals surface area contributed by atoms with Gasteiger partial charge in [0.15, 0.2) is 0 Å². The number of carbonyl (C=O) groups excluding carboxylic acids is 1. The van der Waals surface area contributed by atoms with Gasteiger partial charge in [-0.25, -0.2) is 8.42 Å². The highest BCUT2D eigenvalue weighted by Crippen LogP contribution is 2.40. The largest absolute Gasteiger partial charge is 0.495 e. The maximum Gasteiger partial charge on any atom is 0.264 e. The van der Waals surface area contributed by atoms with Crippen LogP contribution in [0.3, 0.4) is 0 Å². The van der Waals surface area contributed by atoms with E-state index in [-0.39, 0.29) is 10.8 Å². The number of aryl methyl sites for hydroxylation is 1. The lowest BCUT2D eigenvalue weighted by Gasteiger charge is -2.25. The topological polar surface area (TPSA) is 91.3 Å². The minimum atomic E-state index is -3.93. The molecule has 8 nitrogen and oxygen atoms in total. The predicted octanol–water partition coefficient (Wildman–Crippen LogP) is 7.32. The zero-order valence-electron chi connectivity index (χ0n) is 26.1. The van der Waals surface area contributed by atoms with E-state index in [2.05, 4.69) is 14.6 Å². The highest BCUT2D eigenvalue weighted by Gasteiger charge is 2.26. The summed E-state index contributed by atoms with van der Waals surface area (Å²) in [5, 5.41) is 0. The molecule has 0 atom stereocenters. The zero-order chi connectivity index (χ0) is 31.1. The molecule has 1 saturated heterocycles. The van der Waals surface area contributed by atoms with Gasteiger partial charge in [0.05, 0.1) is 24.2 Å². The van der Waals surface area contributed by atoms with Crippen LogP contribution in [0.5, 0.6) is 5.75 Å². The van der Waals surface area contributed by atoms with E-state index in [1.54, 1.807) is 37.6 Å². The summed E-state index contributed by atoms with van der Waals surface area (Å²) in [6.07, 6.45) is 9.34. The summed E-state index contributed by atoms with van der Waals surface area (Å²) < 4.78 is 35.9. The molecule has 0 radical (unpaired) electrons. The van der Waals surface area contributed by atoms with Crippen LogP contribution < -0.4 is 14.4 Å². The maximum absolute atomic E-state index is 13.8. The molecule has 9 heteroatoms. The van der Waals surface area contributed by atoms with E-state index in [0.29, 0.717) is 48.1 Å². The van der Waals surface area contributed by atoms with Crippen molar-refractivity contribution in [3.63, 3.8) is 0 Å². The number of hydrogen-bond acceptors (Lipinski definition) is 6. The van der Waals surface area contributed by atoms with Crippen LogP contribution in [-0.2, 0) is 10.0 Å². The van der Waals surface area contributed by atoms with Gasteiger partial charge in [0.25, 0.3) is 15.9 Å². The molecule has 44 heavy (non-hydrogen) atoms. The second-order valence-corrected chi connectivity index (χ2v) is 13.4. The highest BCUT2D eigenvalue weighted by molar-refractivity contribution is 7.92. The number of amides is 1. The standard InChI is InChI=1S/C35H44N4O4S/c1-4-36-34-29(27-13-7-5-6-8-14-27)15-11-18-33(34)44(41,42)37-30-20-19-28(25-26(30)2)35(40)39-22-12-21-38(23-24-39)31-16-9-10-17-32(31)43-3/h4,9-11,15-20,25,27,37H,5-8,12-14,21-24H2,1-3H3/b36-4-. The van der Waals surface area contributed by atoms with Gasteiger partial charge in [0.2, 0.25) is 0 Å². The Kier molecular flexibility index (Phi) is 10.3. The van der Waals surface area contributed by atoms with Crippen LogP contribution in [0.2, 0.25) is 0 Å². The first-order chi connectivity index (χ1) is 21.3. The molecule has 0 aromatic heterocycles. The van der Waals surface area contributed by atoms with Crippen molar-refractivity contribution >= 4 is 39.2 Å². The van der Waals surface area contributed by atoms with Crippen LogP contribution in [0, 0.1) is 6.92 Å². The quantitative estimate of drug-likeness (QED) is 0.212. The fraction of sp³-hybridized carbons (Fsp3) is 0.429. The number of methoxy groups -OCH3 is 1. The Balaban J connectivity index is 1.32. The van der Waals surface area contributed by atoms with Crippen molar-refractivity contribution in [2.75, 3.05) is 42.9 Å². The van der Waals surface area contributed by atoms with Gasteiger partial charge in [-0.2, -0.15) is 0 Å². The van der Waals surface area contributed by atoms with Gasteiger partial charge in [0, 0.05) is 38.0 Å². The third-order valence-electron chi connectivity index (χ3n) is 8.80. The molecule has 1 saturated carbocycles. The normalized spacial score (nSPS) is 16.9. The molecular formula is C35H44N4O4S. The van der Waals surface area contributed by atoms with Gasteiger partial charge in [-0.1, -0.05) is 49.9 Å². The van der Waals surface area contributed by atoms with Gasteiger partial charge in [-0.15, -0.1) is 0 Å². The zero-order valence-corrected chi connectivity index (χ0v) is 26.9. The van der Waals surface area contributed by atoms with Crippen LogP contribution in [0.4, 0.5) is 17.1 Å². The number of nitrogens with zero attached hydrogens (tertiary/aromatic N) is 3. The van der Waals surface area contributed by atoms with E-state index in [1.807, 2.05) is 55.1 Å². The van der Waals surface area contributed by atoms with Crippen LogP contribution in [-0.4, -0.2) is 58.7 Å². The van der Waals surface area contributed by atoms with Crippen molar-refractivity contribution in [2.45, 2.75) is 69.6 Å². The molecule has 3 aromatic rings. The van der Waals surface area contributed by atoms with Gasteiger partial charge in [-0.3, -0.25) is 14.5 Å². The summed E-state index contributed by atoms with van der Waals surface area (Å²) in [6, 6.07) is 18.6. The molecule has 1 aliphatic heterocycles. The minimum Gasteiger partial charge on any atom is -0.495 e. The van der Waals surface area contributed by atoms with Gasteiger partial charge in [-0.05, 0) is 86.6 Å². The average Bonchev–Trinajstić information content (AvgIpc) is 3.46. The molecule has 0 spiro atoms. The third-order valence-corrected chi connectivity index (χ3v) is 10.2. The van der Waals surface area contributed by atoms with Crippen molar-refractivity contribution in [3.05, 3.63) is 77.4 Å². The first-order valence-electron chi connectivity index (χ1n) is 15.7.